The molecule has 0 spiro atoms. The van der Waals surface area contributed by atoms with Crippen molar-refractivity contribution in [2.45, 2.75) is 13.8 Å². The van der Waals surface area contributed by atoms with Crippen molar-refractivity contribution in [2.75, 3.05) is 11.9 Å². The Morgan fingerprint density at radius 3 is 2.57 bits per heavy atom. The lowest BCUT2D eigenvalue weighted by Crippen LogP contribution is -2.32. The first-order valence-corrected chi connectivity index (χ1v) is 7.18. The number of hydrogen-bond donors (Lipinski definition) is 2. The van der Waals surface area contributed by atoms with Gasteiger partial charge in [-0.3, -0.25) is 9.59 Å². The Kier molecular flexibility index (Phi) is 4.70. The molecular formula is C15H15FN2O2S. The summed E-state index contributed by atoms with van der Waals surface area (Å²) < 4.78 is 13.0. The fraction of sp³-hybridized carbons (Fsp3) is 0.200. The van der Waals surface area contributed by atoms with Crippen LogP contribution in [-0.4, -0.2) is 18.4 Å². The molecule has 1 heterocycles. The summed E-state index contributed by atoms with van der Waals surface area (Å²) in [6, 6.07) is 7.67. The monoisotopic (exact) mass is 306 g/mol. The molecule has 1 aromatic carbocycles. The third-order valence-electron chi connectivity index (χ3n) is 2.84. The Balaban J connectivity index is 1.89. The van der Waals surface area contributed by atoms with Crippen LogP contribution in [0.4, 0.5) is 10.1 Å². The molecule has 0 saturated heterocycles. The first kappa shape index (κ1) is 15.2. The van der Waals surface area contributed by atoms with Gasteiger partial charge < -0.3 is 10.6 Å². The number of amides is 2. The van der Waals surface area contributed by atoms with Crippen LogP contribution in [-0.2, 0) is 4.79 Å². The SMILES string of the molecule is Cc1ccc(C(=O)NCC(=O)Nc2ccc(F)cc2C)s1. The minimum atomic E-state index is -0.355. The predicted octanol–water partition coefficient (Wildman–Crippen LogP) is 2.87. The molecule has 21 heavy (non-hydrogen) atoms. The standard InChI is InChI=1S/C15H15FN2O2S/c1-9-7-11(16)4-5-12(9)18-14(19)8-17-15(20)13-6-3-10(2)21-13/h3-7H,8H2,1-2H3,(H,17,20)(H,18,19). The largest absolute Gasteiger partial charge is 0.342 e. The molecule has 0 aliphatic rings. The molecule has 0 bridgehead atoms. The molecule has 4 nitrogen and oxygen atoms in total. The molecule has 0 unspecified atom stereocenters. The van der Waals surface area contributed by atoms with Crippen LogP contribution in [0.2, 0.25) is 0 Å². The fourth-order valence-corrected chi connectivity index (χ4v) is 2.55. The van der Waals surface area contributed by atoms with E-state index in [0.717, 1.165) is 4.88 Å². The molecule has 2 aromatic rings. The van der Waals surface area contributed by atoms with Gasteiger partial charge in [-0.15, -0.1) is 11.3 Å². The highest BCUT2D eigenvalue weighted by atomic mass is 32.1. The summed E-state index contributed by atoms with van der Waals surface area (Å²) in [7, 11) is 0. The van der Waals surface area contributed by atoms with Crippen LogP contribution in [0.15, 0.2) is 30.3 Å². The number of carbonyl (C=O) groups excluding carboxylic acids is 2. The first-order valence-electron chi connectivity index (χ1n) is 6.36. The molecule has 0 atom stereocenters. The molecule has 6 heteroatoms. The second-order valence-electron chi connectivity index (χ2n) is 4.60. The lowest BCUT2D eigenvalue weighted by Gasteiger charge is -2.09. The van der Waals surface area contributed by atoms with Gasteiger partial charge in [0.1, 0.15) is 5.82 Å². The van der Waals surface area contributed by atoms with Gasteiger partial charge in [-0.05, 0) is 49.7 Å². The van der Waals surface area contributed by atoms with Crippen LogP contribution in [0.3, 0.4) is 0 Å². The van der Waals surface area contributed by atoms with Gasteiger partial charge in [0, 0.05) is 10.6 Å². The molecule has 110 valence electrons. The van der Waals surface area contributed by atoms with Gasteiger partial charge >= 0.3 is 0 Å². The van der Waals surface area contributed by atoms with Crippen LogP contribution in [0, 0.1) is 19.7 Å². The molecule has 2 N–H and O–H groups in total. The number of hydrogen-bond acceptors (Lipinski definition) is 3. The molecule has 1 aromatic heterocycles. The van der Waals surface area contributed by atoms with Gasteiger partial charge in [-0.25, -0.2) is 4.39 Å². The molecule has 0 aliphatic heterocycles. The topological polar surface area (TPSA) is 58.2 Å². The van der Waals surface area contributed by atoms with Gasteiger partial charge in [-0.2, -0.15) is 0 Å². The van der Waals surface area contributed by atoms with Crippen LogP contribution in [0.5, 0.6) is 0 Å². The lowest BCUT2D eigenvalue weighted by atomic mass is 10.2. The highest BCUT2D eigenvalue weighted by molar-refractivity contribution is 7.13. The van der Waals surface area contributed by atoms with Crippen LogP contribution >= 0.6 is 11.3 Å². The molecule has 2 rings (SSSR count). The Labute approximate surface area is 126 Å². The summed E-state index contributed by atoms with van der Waals surface area (Å²) >= 11 is 1.37. The van der Waals surface area contributed by atoms with Crippen molar-refractivity contribution >= 4 is 28.8 Å². The van der Waals surface area contributed by atoms with Crippen molar-refractivity contribution in [3.63, 3.8) is 0 Å². The summed E-state index contributed by atoms with van der Waals surface area (Å²) in [4.78, 5) is 25.2. The van der Waals surface area contributed by atoms with E-state index in [1.807, 2.05) is 13.0 Å². The number of anilines is 1. The maximum absolute atomic E-state index is 13.0. The number of halogens is 1. The predicted molar refractivity (Wildman–Crippen MR) is 81.2 cm³/mol. The number of carbonyl (C=O) groups is 2. The quantitative estimate of drug-likeness (QED) is 0.912. The summed E-state index contributed by atoms with van der Waals surface area (Å²) in [5.74, 6) is -0.989. The van der Waals surface area contributed by atoms with Crippen LogP contribution in [0.1, 0.15) is 20.1 Å². The third-order valence-corrected chi connectivity index (χ3v) is 3.84. The fourth-order valence-electron chi connectivity index (χ4n) is 1.77. The maximum Gasteiger partial charge on any atom is 0.261 e. The number of nitrogens with one attached hydrogen (secondary N) is 2. The van der Waals surface area contributed by atoms with Crippen molar-refractivity contribution in [3.05, 3.63) is 51.5 Å². The van der Waals surface area contributed by atoms with Crippen molar-refractivity contribution in [1.29, 1.82) is 0 Å². The smallest absolute Gasteiger partial charge is 0.261 e. The number of rotatable bonds is 4. The zero-order valence-electron chi connectivity index (χ0n) is 11.7. The number of thiophene rings is 1. The Morgan fingerprint density at radius 2 is 1.95 bits per heavy atom. The Morgan fingerprint density at radius 1 is 1.19 bits per heavy atom. The van der Waals surface area contributed by atoms with E-state index < -0.39 is 0 Å². The van der Waals surface area contributed by atoms with Gasteiger partial charge in [0.05, 0.1) is 11.4 Å². The lowest BCUT2D eigenvalue weighted by molar-refractivity contribution is -0.115. The Bertz CT molecular complexity index is 682. The van der Waals surface area contributed by atoms with Crippen molar-refractivity contribution < 1.29 is 14.0 Å². The number of aryl methyl sites for hydroxylation is 2. The van der Waals surface area contributed by atoms with Gasteiger partial charge in [0.15, 0.2) is 0 Å². The summed E-state index contributed by atoms with van der Waals surface area (Å²) in [6.45, 7) is 3.48. The molecule has 2 amide bonds. The highest BCUT2D eigenvalue weighted by Crippen LogP contribution is 2.16. The van der Waals surface area contributed by atoms with Gasteiger partial charge in [0.25, 0.3) is 5.91 Å². The zero-order valence-corrected chi connectivity index (χ0v) is 12.5. The minimum absolute atomic E-state index is 0.132. The van der Waals surface area contributed by atoms with Crippen molar-refractivity contribution in [3.8, 4) is 0 Å². The molecular weight excluding hydrogens is 291 g/mol. The van der Waals surface area contributed by atoms with Gasteiger partial charge in [0.2, 0.25) is 5.91 Å². The van der Waals surface area contributed by atoms with E-state index in [1.54, 1.807) is 13.0 Å². The zero-order chi connectivity index (χ0) is 15.4. The highest BCUT2D eigenvalue weighted by Gasteiger charge is 2.10. The summed E-state index contributed by atoms with van der Waals surface area (Å²) in [5, 5.41) is 5.18. The minimum Gasteiger partial charge on any atom is -0.342 e. The van der Waals surface area contributed by atoms with E-state index >= 15 is 0 Å². The first-order chi connectivity index (χ1) is 9.95. The maximum atomic E-state index is 13.0. The van der Waals surface area contributed by atoms with E-state index in [4.69, 9.17) is 0 Å². The molecule has 0 fully saturated rings. The van der Waals surface area contributed by atoms with E-state index in [0.29, 0.717) is 16.1 Å². The van der Waals surface area contributed by atoms with Gasteiger partial charge in [-0.1, -0.05) is 0 Å². The van der Waals surface area contributed by atoms with Crippen LogP contribution in [0.25, 0.3) is 0 Å². The summed E-state index contributed by atoms with van der Waals surface area (Å²) in [6.07, 6.45) is 0. The van der Waals surface area contributed by atoms with Crippen molar-refractivity contribution in [2.24, 2.45) is 0 Å². The number of benzene rings is 1. The Hall–Kier alpha value is -2.21. The third kappa shape index (κ3) is 4.13. The second kappa shape index (κ2) is 6.49. The van der Waals surface area contributed by atoms with E-state index in [-0.39, 0.29) is 24.2 Å². The van der Waals surface area contributed by atoms with Crippen LogP contribution < -0.4 is 10.6 Å². The van der Waals surface area contributed by atoms with E-state index in [9.17, 15) is 14.0 Å². The van der Waals surface area contributed by atoms with E-state index in [1.165, 1.54) is 29.5 Å². The average Bonchev–Trinajstić information content (AvgIpc) is 2.86. The van der Waals surface area contributed by atoms with Crippen molar-refractivity contribution in [1.82, 2.24) is 5.32 Å². The average molecular weight is 306 g/mol. The molecule has 0 aliphatic carbocycles. The summed E-state index contributed by atoms with van der Waals surface area (Å²) in [5.41, 5.74) is 1.16. The molecule has 0 saturated carbocycles. The second-order valence-corrected chi connectivity index (χ2v) is 5.89. The molecule has 0 radical (unpaired) electrons. The normalized spacial score (nSPS) is 10.2. The van der Waals surface area contributed by atoms with E-state index in [2.05, 4.69) is 10.6 Å².